The largest absolute Gasteiger partial charge is 0.329 e. The maximum absolute atomic E-state index is 5.74. The SMILES string of the molecule is CC#CCN1CCC(C)CC1CN. The standard InChI is InChI=1S/C11H20N2/c1-3-4-6-13-7-5-10(2)8-11(13)9-12/h10-11H,5-9,12H2,1-2H3. The van der Waals surface area contributed by atoms with Crippen LogP contribution in [0.25, 0.3) is 0 Å². The van der Waals surface area contributed by atoms with Gasteiger partial charge in [0, 0.05) is 12.6 Å². The number of likely N-dealkylation sites (tertiary alicyclic amines) is 1. The molecule has 1 saturated heterocycles. The molecule has 1 heterocycles. The van der Waals surface area contributed by atoms with E-state index in [0.717, 1.165) is 25.6 Å². The van der Waals surface area contributed by atoms with Crippen LogP contribution < -0.4 is 5.73 Å². The normalized spacial score (nSPS) is 29.5. The van der Waals surface area contributed by atoms with Crippen molar-refractivity contribution < 1.29 is 0 Å². The highest BCUT2D eigenvalue weighted by Crippen LogP contribution is 2.21. The summed E-state index contributed by atoms with van der Waals surface area (Å²) in [5.41, 5.74) is 5.74. The van der Waals surface area contributed by atoms with Crippen LogP contribution in [0.3, 0.4) is 0 Å². The Morgan fingerprint density at radius 2 is 2.31 bits per heavy atom. The van der Waals surface area contributed by atoms with E-state index in [4.69, 9.17) is 5.73 Å². The van der Waals surface area contributed by atoms with Crippen LogP contribution >= 0.6 is 0 Å². The lowest BCUT2D eigenvalue weighted by molar-refractivity contribution is 0.139. The summed E-state index contributed by atoms with van der Waals surface area (Å²) in [6, 6.07) is 0.560. The summed E-state index contributed by atoms with van der Waals surface area (Å²) in [4.78, 5) is 2.41. The van der Waals surface area contributed by atoms with Gasteiger partial charge in [-0.2, -0.15) is 0 Å². The fourth-order valence-electron chi connectivity index (χ4n) is 1.93. The molecule has 0 amide bonds. The van der Waals surface area contributed by atoms with Gasteiger partial charge in [-0.25, -0.2) is 0 Å². The first-order valence-electron chi connectivity index (χ1n) is 5.11. The van der Waals surface area contributed by atoms with Crippen LogP contribution in [0.5, 0.6) is 0 Å². The van der Waals surface area contributed by atoms with Gasteiger partial charge in [-0.3, -0.25) is 4.90 Å². The lowest BCUT2D eigenvalue weighted by Crippen LogP contribution is -2.46. The van der Waals surface area contributed by atoms with Gasteiger partial charge in [-0.05, 0) is 32.2 Å². The topological polar surface area (TPSA) is 29.3 Å². The first-order chi connectivity index (χ1) is 6.27. The second kappa shape index (κ2) is 5.26. The lowest BCUT2D eigenvalue weighted by Gasteiger charge is -2.36. The highest BCUT2D eigenvalue weighted by Gasteiger charge is 2.23. The third-order valence-corrected chi connectivity index (χ3v) is 2.83. The zero-order chi connectivity index (χ0) is 9.68. The van der Waals surface area contributed by atoms with Crippen LogP contribution in [0.1, 0.15) is 26.7 Å². The van der Waals surface area contributed by atoms with E-state index in [2.05, 4.69) is 23.7 Å². The van der Waals surface area contributed by atoms with Crippen molar-refractivity contribution in [2.75, 3.05) is 19.6 Å². The van der Waals surface area contributed by atoms with Crippen LogP contribution in [0.4, 0.5) is 0 Å². The summed E-state index contributed by atoms with van der Waals surface area (Å²) in [6.45, 7) is 7.04. The number of nitrogens with zero attached hydrogens (tertiary/aromatic N) is 1. The van der Waals surface area contributed by atoms with Gasteiger partial charge in [0.1, 0.15) is 0 Å². The molecule has 0 bridgehead atoms. The van der Waals surface area contributed by atoms with E-state index < -0.39 is 0 Å². The summed E-state index contributed by atoms with van der Waals surface area (Å²) < 4.78 is 0. The van der Waals surface area contributed by atoms with Gasteiger partial charge < -0.3 is 5.73 Å². The van der Waals surface area contributed by atoms with Gasteiger partial charge in [-0.15, -0.1) is 5.92 Å². The van der Waals surface area contributed by atoms with Crippen molar-refractivity contribution in [1.29, 1.82) is 0 Å². The van der Waals surface area contributed by atoms with Crippen molar-refractivity contribution in [3.63, 3.8) is 0 Å². The molecule has 2 atom stereocenters. The number of hydrogen-bond donors (Lipinski definition) is 1. The molecule has 0 aromatic carbocycles. The van der Waals surface area contributed by atoms with Crippen molar-refractivity contribution >= 4 is 0 Å². The van der Waals surface area contributed by atoms with Crippen molar-refractivity contribution in [3.05, 3.63) is 0 Å². The molecule has 1 aliphatic rings. The third-order valence-electron chi connectivity index (χ3n) is 2.83. The number of piperidine rings is 1. The minimum atomic E-state index is 0.560. The Morgan fingerprint density at radius 1 is 1.54 bits per heavy atom. The van der Waals surface area contributed by atoms with Gasteiger partial charge in [0.15, 0.2) is 0 Å². The van der Waals surface area contributed by atoms with Gasteiger partial charge in [0.25, 0.3) is 0 Å². The molecule has 74 valence electrons. The molecule has 0 saturated carbocycles. The maximum Gasteiger partial charge on any atom is 0.0604 e. The Labute approximate surface area is 81.5 Å². The maximum atomic E-state index is 5.74. The van der Waals surface area contributed by atoms with Gasteiger partial charge in [0.2, 0.25) is 0 Å². The fourth-order valence-corrected chi connectivity index (χ4v) is 1.93. The quantitative estimate of drug-likeness (QED) is 0.644. The number of nitrogens with two attached hydrogens (primary N) is 1. The minimum Gasteiger partial charge on any atom is -0.329 e. The predicted octanol–water partition coefficient (Wildman–Crippen LogP) is 1.07. The molecular formula is C11H20N2. The number of rotatable bonds is 2. The first kappa shape index (κ1) is 10.6. The van der Waals surface area contributed by atoms with Gasteiger partial charge >= 0.3 is 0 Å². The molecule has 0 aliphatic carbocycles. The Hall–Kier alpha value is -0.520. The Morgan fingerprint density at radius 3 is 2.92 bits per heavy atom. The van der Waals surface area contributed by atoms with E-state index in [-0.39, 0.29) is 0 Å². The Balaban J connectivity index is 2.45. The first-order valence-corrected chi connectivity index (χ1v) is 5.11. The Bertz CT molecular complexity index is 202. The van der Waals surface area contributed by atoms with Crippen molar-refractivity contribution in [1.82, 2.24) is 4.90 Å². The zero-order valence-electron chi connectivity index (χ0n) is 8.71. The molecule has 0 radical (unpaired) electrons. The van der Waals surface area contributed by atoms with E-state index in [1.807, 2.05) is 6.92 Å². The van der Waals surface area contributed by atoms with Crippen molar-refractivity contribution in [2.24, 2.45) is 11.7 Å². The highest BCUT2D eigenvalue weighted by atomic mass is 15.2. The molecule has 0 spiro atoms. The Kier molecular flexibility index (Phi) is 4.27. The third kappa shape index (κ3) is 3.02. The molecule has 13 heavy (non-hydrogen) atoms. The predicted molar refractivity (Wildman–Crippen MR) is 56.3 cm³/mol. The molecule has 1 fully saturated rings. The van der Waals surface area contributed by atoms with Crippen LogP contribution in [-0.4, -0.2) is 30.6 Å². The van der Waals surface area contributed by atoms with Crippen LogP contribution in [0, 0.1) is 17.8 Å². The van der Waals surface area contributed by atoms with Crippen LogP contribution in [0.15, 0.2) is 0 Å². The highest BCUT2D eigenvalue weighted by molar-refractivity contribution is 4.99. The second-order valence-corrected chi connectivity index (χ2v) is 3.92. The summed E-state index contributed by atoms with van der Waals surface area (Å²) >= 11 is 0. The molecule has 2 heteroatoms. The number of hydrogen-bond acceptors (Lipinski definition) is 2. The summed E-state index contributed by atoms with van der Waals surface area (Å²) in [5.74, 6) is 6.89. The van der Waals surface area contributed by atoms with Gasteiger partial charge in [0.05, 0.1) is 6.54 Å². The van der Waals surface area contributed by atoms with E-state index in [0.29, 0.717) is 6.04 Å². The van der Waals surface area contributed by atoms with E-state index in [1.165, 1.54) is 12.8 Å². The molecule has 1 rings (SSSR count). The lowest BCUT2D eigenvalue weighted by atomic mass is 9.92. The molecule has 2 N–H and O–H groups in total. The smallest absolute Gasteiger partial charge is 0.0604 e. The summed E-state index contributed by atoms with van der Waals surface area (Å²) in [5, 5.41) is 0. The van der Waals surface area contributed by atoms with Crippen LogP contribution in [-0.2, 0) is 0 Å². The monoisotopic (exact) mass is 180 g/mol. The van der Waals surface area contributed by atoms with Crippen molar-refractivity contribution in [2.45, 2.75) is 32.7 Å². The van der Waals surface area contributed by atoms with E-state index >= 15 is 0 Å². The molecule has 0 aromatic rings. The second-order valence-electron chi connectivity index (χ2n) is 3.92. The molecule has 2 unspecified atom stereocenters. The zero-order valence-corrected chi connectivity index (χ0v) is 8.71. The minimum absolute atomic E-state index is 0.560. The average Bonchev–Trinajstić information content (AvgIpc) is 2.16. The van der Waals surface area contributed by atoms with E-state index in [9.17, 15) is 0 Å². The molecule has 0 aromatic heterocycles. The van der Waals surface area contributed by atoms with Gasteiger partial charge in [-0.1, -0.05) is 12.8 Å². The molecular weight excluding hydrogens is 160 g/mol. The van der Waals surface area contributed by atoms with Crippen molar-refractivity contribution in [3.8, 4) is 11.8 Å². The fraction of sp³-hybridized carbons (Fsp3) is 0.818. The molecule has 2 nitrogen and oxygen atoms in total. The average molecular weight is 180 g/mol. The summed E-state index contributed by atoms with van der Waals surface area (Å²) in [6.07, 6.45) is 2.53. The molecule has 1 aliphatic heterocycles. The van der Waals surface area contributed by atoms with E-state index in [1.54, 1.807) is 0 Å². The summed E-state index contributed by atoms with van der Waals surface area (Å²) in [7, 11) is 0. The van der Waals surface area contributed by atoms with Crippen LogP contribution in [0.2, 0.25) is 0 Å².